The molecule has 0 saturated carbocycles. The lowest BCUT2D eigenvalue weighted by atomic mass is 9.89. The molecule has 10 heteroatoms. The maximum atomic E-state index is 9.56. The molecule has 1 atom stereocenters. The first-order valence-electron chi connectivity index (χ1n) is 10.8. The summed E-state index contributed by atoms with van der Waals surface area (Å²) >= 11 is 0. The van der Waals surface area contributed by atoms with Crippen LogP contribution in [0.15, 0.2) is 17.1 Å². The highest BCUT2D eigenvalue weighted by Gasteiger charge is 2.31. The first kappa shape index (κ1) is 22.3. The zero-order chi connectivity index (χ0) is 23.7. The third kappa shape index (κ3) is 4.27. The number of nitriles is 2. The molecule has 0 bridgehead atoms. The van der Waals surface area contributed by atoms with E-state index in [-0.39, 0.29) is 23.0 Å². The number of fused-ring (bicyclic) bond motifs is 1. The Bertz CT molecular complexity index is 1200. The second-order valence-corrected chi connectivity index (χ2v) is 8.62. The Morgan fingerprint density at radius 1 is 1.15 bits per heavy atom. The van der Waals surface area contributed by atoms with Crippen LogP contribution in [0.3, 0.4) is 0 Å². The number of likely N-dealkylation sites (N-methyl/N-ethyl adjacent to an activating group) is 1. The lowest BCUT2D eigenvalue weighted by molar-refractivity contribution is 0.148. The van der Waals surface area contributed by atoms with Gasteiger partial charge in [0.15, 0.2) is 6.19 Å². The van der Waals surface area contributed by atoms with Gasteiger partial charge in [0.25, 0.3) is 0 Å². The van der Waals surface area contributed by atoms with E-state index in [4.69, 9.17) is 21.7 Å². The van der Waals surface area contributed by atoms with Crippen molar-refractivity contribution in [1.82, 2.24) is 20.1 Å². The number of nitrogens with zero attached hydrogens (tertiary/aromatic N) is 6. The molecule has 0 radical (unpaired) electrons. The van der Waals surface area contributed by atoms with Crippen molar-refractivity contribution >= 4 is 23.3 Å². The summed E-state index contributed by atoms with van der Waals surface area (Å²) in [4.78, 5) is 13.9. The number of aryl methyl sites for hydroxylation is 2. The highest BCUT2D eigenvalue weighted by molar-refractivity contribution is 5.98. The average Bonchev–Trinajstić information content (AvgIpc) is 2.77. The van der Waals surface area contributed by atoms with Crippen LogP contribution in [-0.2, 0) is 6.54 Å². The van der Waals surface area contributed by atoms with Gasteiger partial charge in [0, 0.05) is 38.3 Å². The molecule has 3 heterocycles. The monoisotopic (exact) mass is 444 g/mol. The standard InChI is InChI=1S/C23H28N10/c1-13-8-14(2)16(9-15(13)11-33-6-4-32(3)5-7-33)20-18-19(26)17(10-24)21(27)30-22(18)31-23(29-20)28-12-25/h8-9,20H,4-7,11H2,1-3H3,(H6,26,27,28,29,30,31). The van der Waals surface area contributed by atoms with Crippen LogP contribution in [0.4, 0.5) is 17.3 Å². The second-order valence-electron chi connectivity index (χ2n) is 8.62. The Morgan fingerprint density at radius 2 is 1.88 bits per heavy atom. The normalized spacial score (nSPS) is 18.5. The quantitative estimate of drug-likeness (QED) is 0.406. The molecule has 2 aromatic rings. The minimum Gasteiger partial charge on any atom is -0.397 e. The average molecular weight is 445 g/mol. The minimum atomic E-state index is -0.538. The van der Waals surface area contributed by atoms with E-state index in [1.165, 1.54) is 11.1 Å². The molecule has 0 amide bonds. The number of hydrogen-bond acceptors (Lipinski definition) is 10. The first-order valence-corrected chi connectivity index (χ1v) is 10.8. The predicted octanol–water partition coefficient (Wildman–Crippen LogP) is 1.42. The van der Waals surface area contributed by atoms with E-state index in [1.807, 2.05) is 19.2 Å². The van der Waals surface area contributed by atoms with Crippen LogP contribution in [0.25, 0.3) is 0 Å². The summed E-state index contributed by atoms with van der Waals surface area (Å²) in [7, 11) is 2.15. The zero-order valence-electron chi connectivity index (χ0n) is 19.1. The van der Waals surface area contributed by atoms with Gasteiger partial charge in [-0.3, -0.25) is 10.2 Å². The van der Waals surface area contributed by atoms with Crippen LogP contribution >= 0.6 is 0 Å². The number of aromatic nitrogens is 1. The highest BCUT2D eigenvalue weighted by atomic mass is 15.2. The number of aliphatic imine (C=N–C) groups is 1. The zero-order valence-corrected chi connectivity index (χ0v) is 19.1. The molecule has 1 unspecified atom stereocenters. The summed E-state index contributed by atoms with van der Waals surface area (Å²) in [5.74, 6) is 0.684. The van der Waals surface area contributed by atoms with Crippen molar-refractivity contribution in [3.8, 4) is 12.3 Å². The van der Waals surface area contributed by atoms with Crippen molar-refractivity contribution in [2.45, 2.75) is 26.4 Å². The largest absolute Gasteiger partial charge is 0.397 e. The fourth-order valence-corrected chi connectivity index (χ4v) is 4.43. The molecule has 33 heavy (non-hydrogen) atoms. The molecule has 1 fully saturated rings. The smallest absolute Gasteiger partial charge is 0.211 e. The molecule has 1 aromatic carbocycles. The van der Waals surface area contributed by atoms with Gasteiger partial charge in [-0.1, -0.05) is 12.1 Å². The molecule has 2 aliphatic rings. The summed E-state index contributed by atoms with van der Waals surface area (Å²) in [5.41, 5.74) is 17.7. The molecule has 0 spiro atoms. The van der Waals surface area contributed by atoms with Gasteiger partial charge >= 0.3 is 0 Å². The van der Waals surface area contributed by atoms with Crippen LogP contribution in [0, 0.1) is 36.6 Å². The number of nitrogens with one attached hydrogen (secondary N) is 2. The van der Waals surface area contributed by atoms with Gasteiger partial charge in [-0.2, -0.15) is 10.5 Å². The molecule has 6 N–H and O–H groups in total. The van der Waals surface area contributed by atoms with Crippen molar-refractivity contribution in [1.29, 1.82) is 10.5 Å². The SMILES string of the molecule is Cc1cc(C)c(C2N=C(NC#N)Nc3nc(N)c(C#N)c(N)c32)cc1CN1CCN(C)CC1. The number of guanidine groups is 1. The van der Waals surface area contributed by atoms with E-state index < -0.39 is 6.04 Å². The number of nitrogens with two attached hydrogens (primary N) is 2. The van der Waals surface area contributed by atoms with Gasteiger partial charge in [-0.15, -0.1) is 0 Å². The number of nitrogen functional groups attached to an aromatic ring is 2. The van der Waals surface area contributed by atoms with Crippen LogP contribution in [0.2, 0.25) is 0 Å². The minimum absolute atomic E-state index is 0.0367. The van der Waals surface area contributed by atoms with Gasteiger partial charge in [-0.25, -0.2) is 9.98 Å². The Labute approximate surface area is 193 Å². The number of benzene rings is 1. The first-order chi connectivity index (χ1) is 15.8. The number of anilines is 3. The fraction of sp³-hybridized carbons (Fsp3) is 0.391. The molecular weight excluding hydrogens is 416 g/mol. The summed E-state index contributed by atoms with van der Waals surface area (Å²) in [6, 6.07) is 5.83. The van der Waals surface area contributed by atoms with Crippen LogP contribution in [-0.4, -0.2) is 54.0 Å². The third-order valence-electron chi connectivity index (χ3n) is 6.37. The van der Waals surface area contributed by atoms with Crippen molar-refractivity contribution in [2.75, 3.05) is 50.0 Å². The molecule has 1 saturated heterocycles. The van der Waals surface area contributed by atoms with Crippen LogP contribution in [0.1, 0.15) is 39.4 Å². The lowest BCUT2D eigenvalue weighted by Crippen LogP contribution is -2.44. The molecule has 2 aliphatic heterocycles. The van der Waals surface area contributed by atoms with Crippen molar-refractivity contribution in [2.24, 2.45) is 4.99 Å². The van der Waals surface area contributed by atoms with E-state index >= 15 is 0 Å². The Morgan fingerprint density at radius 3 is 2.55 bits per heavy atom. The van der Waals surface area contributed by atoms with E-state index in [2.05, 4.69) is 51.5 Å². The topological polar surface area (TPSA) is 155 Å². The molecule has 0 aliphatic carbocycles. The maximum absolute atomic E-state index is 9.56. The number of rotatable bonds is 3. The van der Waals surface area contributed by atoms with Gasteiger partial charge < -0.3 is 21.7 Å². The molecule has 4 rings (SSSR count). The van der Waals surface area contributed by atoms with Crippen LogP contribution < -0.4 is 22.1 Å². The lowest BCUT2D eigenvalue weighted by Gasteiger charge is -2.33. The van der Waals surface area contributed by atoms with Crippen molar-refractivity contribution < 1.29 is 0 Å². The van der Waals surface area contributed by atoms with E-state index in [0.717, 1.165) is 43.9 Å². The van der Waals surface area contributed by atoms with Crippen molar-refractivity contribution in [3.63, 3.8) is 0 Å². The molecule has 10 nitrogen and oxygen atoms in total. The summed E-state index contributed by atoms with van der Waals surface area (Å²) in [5, 5.41) is 24.2. The summed E-state index contributed by atoms with van der Waals surface area (Å²) in [6.07, 6.45) is 1.89. The number of hydrogen-bond donors (Lipinski definition) is 4. The second kappa shape index (κ2) is 8.94. The van der Waals surface area contributed by atoms with Crippen molar-refractivity contribution in [3.05, 3.63) is 45.5 Å². The predicted molar refractivity (Wildman–Crippen MR) is 128 cm³/mol. The Kier molecular flexibility index (Phi) is 6.05. The van der Waals surface area contributed by atoms with Gasteiger partial charge in [-0.05, 0) is 43.1 Å². The number of piperazine rings is 1. The summed E-state index contributed by atoms with van der Waals surface area (Å²) in [6.45, 7) is 9.13. The van der Waals surface area contributed by atoms with Crippen LogP contribution in [0.5, 0.6) is 0 Å². The maximum Gasteiger partial charge on any atom is 0.211 e. The van der Waals surface area contributed by atoms with E-state index in [0.29, 0.717) is 11.4 Å². The molecular formula is C23H28N10. The molecule has 170 valence electrons. The summed E-state index contributed by atoms with van der Waals surface area (Å²) < 4.78 is 0. The number of pyridine rings is 1. The molecule has 1 aromatic heterocycles. The van der Waals surface area contributed by atoms with Gasteiger partial charge in [0.05, 0.1) is 5.69 Å². The Balaban J connectivity index is 1.81. The van der Waals surface area contributed by atoms with Gasteiger partial charge in [0.2, 0.25) is 5.96 Å². The fourth-order valence-electron chi connectivity index (χ4n) is 4.43. The highest BCUT2D eigenvalue weighted by Crippen LogP contribution is 2.42. The third-order valence-corrected chi connectivity index (χ3v) is 6.37. The Hall–Kier alpha value is -3.86. The van der Waals surface area contributed by atoms with Gasteiger partial charge in [0.1, 0.15) is 29.3 Å². The van der Waals surface area contributed by atoms with E-state index in [1.54, 1.807) is 0 Å². The van der Waals surface area contributed by atoms with E-state index in [9.17, 15) is 5.26 Å².